The van der Waals surface area contributed by atoms with Crippen molar-refractivity contribution in [2.75, 3.05) is 19.6 Å². The van der Waals surface area contributed by atoms with Crippen molar-refractivity contribution >= 4 is 0 Å². The Morgan fingerprint density at radius 1 is 1.35 bits per heavy atom. The van der Waals surface area contributed by atoms with E-state index in [9.17, 15) is 4.79 Å². The van der Waals surface area contributed by atoms with Gasteiger partial charge in [-0.1, -0.05) is 6.42 Å². The van der Waals surface area contributed by atoms with Gasteiger partial charge in [0.2, 0.25) is 0 Å². The number of hydrogen-bond donors (Lipinski definition) is 0. The summed E-state index contributed by atoms with van der Waals surface area (Å²) in [6.45, 7) is 4.08. The molecule has 1 fully saturated rings. The predicted molar refractivity (Wildman–Crippen MR) is 63.2 cm³/mol. The maximum Gasteiger partial charge on any atom is 0.300 e. The third-order valence-electron chi connectivity index (χ3n) is 3.43. The third-order valence-corrected chi connectivity index (χ3v) is 3.43. The van der Waals surface area contributed by atoms with Crippen molar-refractivity contribution in [1.82, 2.24) is 14.5 Å². The number of piperidine rings is 1. The first-order chi connectivity index (χ1) is 8.31. The minimum absolute atomic E-state index is 0.141. The van der Waals surface area contributed by atoms with Crippen LogP contribution in [-0.4, -0.2) is 40.2 Å². The van der Waals surface area contributed by atoms with Crippen LogP contribution in [0.2, 0.25) is 0 Å². The van der Waals surface area contributed by atoms with Gasteiger partial charge in [-0.3, -0.25) is 14.3 Å². The molecule has 0 saturated carbocycles. The van der Waals surface area contributed by atoms with Gasteiger partial charge in [-0.15, -0.1) is 0 Å². The largest absolute Gasteiger partial charge is 0.458 e. The van der Waals surface area contributed by atoms with Gasteiger partial charge in [0.1, 0.15) is 6.10 Å². The lowest BCUT2D eigenvalue weighted by molar-refractivity contribution is 0.130. The van der Waals surface area contributed by atoms with Crippen LogP contribution in [-0.2, 0) is 6.54 Å². The summed E-state index contributed by atoms with van der Waals surface area (Å²) in [7, 11) is 0. The van der Waals surface area contributed by atoms with Crippen LogP contribution in [0.15, 0.2) is 17.1 Å². The van der Waals surface area contributed by atoms with Crippen molar-refractivity contribution in [3.05, 3.63) is 22.6 Å². The van der Waals surface area contributed by atoms with Gasteiger partial charge in [-0.2, -0.15) is 4.98 Å². The standard InChI is InChI=1S/C12H17N3O2/c16-11-4-7-15-9-10(17-12(15)13-11)8-14-5-2-1-3-6-14/h4,7,10H,1-3,5-6,8-9H2. The molecule has 1 saturated heterocycles. The Balaban J connectivity index is 1.63. The molecular weight excluding hydrogens is 218 g/mol. The van der Waals surface area contributed by atoms with Crippen molar-refractivity contribution in [2.45, 2.75) is 31.9 Å². The minimum Gasteiger partial charge on any atom is -0.458 e. The van der Waals surface area contributed by atoms with Crippen molar-refractivity contribution in [2.24, 2.45) is 0 Å². The Bertz CT molecular complexity index is 451. The summed E-state index contributed by atoms with van der Waals surface area (Å²) in [5, 5.41) is 0. The summed E-state index contributed by atoms with van der Waals surface area (Å²) in [5.41, 5.74) is -0.227. The number of likely N-dealkylation sites (tertiary alicyclic amines) is 1. The molecule has 1 unspecified atom stereocenters. The van der Waals surface area contributed by atoms with Gasteiger partial charge in [-0.25, -0.2) is 0 Å². The van der Waals surface area contributed by atoms with Gasteiger partial charge in [0.25, 0.3) is 11.6 Å². The molecule has 2 aliphatic rings. The lowest BCUT2D eigenvalue weighted by Gasteiger charge is -2.28. The maximum absolute atomic E-state index is 11.1. The lowest BCUT2D eigenvalue weighted by Crippen LogP contribution is -2.38. The molecule has 0 bridgehead atoms. The Kier molecular flexibility index (Phi) is 2.84. The number of fused-ring (bicyclic) bond motifs is 1. The van der Waals surface area contributed by atoms with E-state index in [1.165, 1.54) is 38.4 Å². The highest BCUT2D eigenvalue weighted by Gasteiger charge is 2.25. The van der Waals surface area contributed by atoms with Crippen LogP contribution in [0.25, 0.3) is 0 Å². The van der Waals surface area contributed by atoms with E-state index in [4.69, 9.17) is 4.74 Å². The van der Waals surface area contributed by atoms with Crippen LogP contribution in [0.4, 0.5) is 0 Å². The fraction of sp³-hybridized carbons (Fsp3) is 0.667. The second-order valence-electron chi connectivity index (χ2n) is 4.80. The van der Waals surface area contributed by atoms with E-state index in [0.717, 1.165) is 13.1 Å². The molecule has 1 aromatic rings. The van der Waals surface area contributed by atoms with E-state index >= 15 is 0 Å². The molecule has 1 atom stereocenters. The van der Waals surface area contributed by atoms with Gasteiger partial charge < -0.3 is 4.74 Å². The fourth-order valence-electron chi connectivity index (χ4n) is 2.58. The first kappa shape index (κ1) is 10.8. The van der Waals surface area contributed by atoms with Gasteiger partial charge in [0.05, 0.1) is 6.54 Å². The quantitative estimate of drug-likeness (QED) is 0.748. The highest BCUT2D eigenvalue weighted by atomic mass is 16.5. The number of nitrogens with zero attached hydrogens (tertiary/aromatic N) is 3. The highest BCUT2D eigenvalue weighted by molar-refractivity contribution is 5.04. The van der Waals surface area contributed by atoms with E-state index < -0.39 is 0 Å². The second-order valence-corrected chi connectivity index (χ2v) is 4.80. The monoisotopic (exact) mass is 235 g/mol. The summed E-state index contributed by atoms with van der Waals surface area (Å²) in [5.74, 6) is 0. The van der Waals surface area contributed by atoms with Gasteiger partial charge >= 0.3 is 0 Å². The summed E-state index contributed by atoms with van der Waals surface area (Å²) in [6, 6.07) is 1.95. The molecule has 5 nitrogen and oxygen atoms in total. The number of aromatic nitrogens is 2. The average molecular weight is 235 g/mol. The Morgan fingerprint density at radius 2 is 2.18 bits per heavy atom. The van der Waals surface area contributed by atoms with Crippen LogP contribution in [0.5, 0.6) is 6.01 Å². The summed E-state index contributed by atoms with van der Waals surface area (Å²) >= 11 is 0. The molecule has 92 valence electrons. The lowest BCUT2D eigenvalue weighted by atomic mass is 10.1. The molecule has 1 aromatic heterocycles. The minimum atomic E-state index is -0.227. The van der Waals surface area contributed by atoms with Gasteiger partial charge in [-0.05, 0) is 25.9 Å². The van der Waals surface area contributed by atoms with Crippen molar-refractivity contribution in [3.8, 4) is 6.01 Å². The predicted octanol–water partition coefficient (Wildman–Crippen LogP) is 0.490. The molecule has 3 rings (SSSR count). The number of hydrogen-bond acceptors (Lipinski definition) is 4. The molecule has 0 radical (unpaired) electrons. The Labute approximate surface area is 100 Å². The Morgan fingerprint density at radius 3 is 3.00 bits per heavy atom. The normalized spacial score (nSPS) is 24.4. The molecule has 0 N–H and O–H groups in total. The van der Waals surface area contributed by atoms with E-state index in [2.05, 4.69) is 9.88 Å². The molecule has 0 aromatic carbocycles. The van der Waals surface area contributed by atoms with Gasteiger partial charge in [0.15, 0.2) is 0 Å². The molecule has 5 heteroatoms. The van der Waals surface area contributed by atoms with Crippen LogP contribution in [0.3, 0.4) is 0 Å². The van der Waals surface area contributed by atoms with Crippen LogP contribution in [0.1, 0.15) is 19.3 Å². The van der Waals surface area contributed by atoms with Crippen LogP contribution in [0, 0.1) is 0 Å². The van der Waals surface area contributed by atoms with E-state index in [1.807, 2.05) is 4.57 Å². The van der Waals surface area contributed by atoms with E-state index in [1.54, 1.807) is 6.20 Å². The maximum atomic E-state index is 11.1. The average Bonchev–Trinajstić information content (AvgIpc) is 2.71. The van der Waals surface area contributed by atoms with Crippen molar-refractivity contribution in [1.29, 1.82) is 0 Å². The van der Waals surface area contributed by atoms with Crippen LogP contribution < -0.4 is 10.3 Å². The van der Waals surface area contributed by atoms with E-state index in [0.29, 0.717) is 6.01 Å². The van der Waals surface area contributed by atoms with Gasteiger partial charge in [0, 0.05) is 18.8 Å². The zero-order valence-corrected chi connectivity index (χ0v) is 9.84. The van der Waals surface area contributed by atoms with Crippen molar-refractivity contribution in [3.63, 3.8) is 0 Å². The van der Waals surface area contributed by atoms with Crippen LogP contribution >= 0.6 is 0 Å². The SMILES string of the molecule is O=c1ccn2c(n1)OC(CN1CCCCC1)C2. The topological polar surface area (TPSA) is 47.4 Å². The number of ether oxygens (including phenoxy) is 1. The smallest absolute Gasteiger partial charge is 0.300 e. The summed E-state index contributed by atoms with van der Waals surface area (Å²) < 4.78 is 7.61. The molecule has 3 heterocycles. The molecule has 2 aliphatic heterocycles. The first-order valence-corrected chi connectivity index (χ1v) is 6.28. The highest BCUT2D eigenvalue weighted by Crippen LogP contribution is 2.18. The zero-order chi connectivity index (χ0) is 11.7. The zero-order valence-electron chi connectivity index (χ0n) is 9.84. The molecule has 0 amide bonds. The van der Waals surface area contributed by atoms with E-state index in [-0.39, 0.29) is 11.7 Å². The second kappa shape index (κ2) is 4.49. The molecule has 0 aliphatic carbocycles. The molecular formula is C12H17N3O2. The summed E-state index contributed by atoms with van der Waals surface area (Å²) in [4.78, 5) is 17.4. The van der Waals surface area contributed by atoms with Crippen molar-refractivity contribution < 1.29 is 4.74 Å². The first-order valence-electron chi connectivity index (χ1n) is 6.28. The molecule has 0 spiro atoms. The Hall–Kier alpha value is -1.36. The molecule has 17 heavy (non-hydrogen) atoms. The summed E-state index contributed by atoms with van der Waals surface area (Å²) in [6.07, 6.45) is 5.83. The third kappa shape index (κ3) is 2.34. The number of rotatable bonds is 2. The fourth-order valence-corrected chi connectivity index (χ4v) is 2.58.